The van der Waals surface area contributed by atoms with Crippen LogP contribution in [0.15, 0.2) is 101 Å². The van der Waals surface area contributed by atoms with Crippen LogP contribution in [0.1, 0.15) is 42.4 Å². The van der Waals surface area contributed by atoms with Gasteiger partial charge in [0.05, 0.1) is 31.7 Å². The van der Waals surface area contributed by atoms with Gasteiger partial charge in [-0.25, -0.2) is 0 Å². The van der Waals surface area contributed by atoms with E-state index in [1.165, 1.54) is 11.0 Å². The predicted molar refractivity (Wildman–Crippen MR) is 177 cm³/mol. The average molecular weight is 628 g/mol. The predicted octanol–water partition coefficient (Wildman–Crippen LogP) is 6.21. The summed E-state index contributed by atoms with van der Waals surface area (Å²) in [6.45, 7) is 1.63. The van der Waals surface area contributed by atoms with E-state index in [9.17, 15) is 24.3 Å². The van der Waals surface area contributed by atoms with Gasteiger partial charge >= 0.3 is 0 Å². The number of Topliss-reactive ketones (excluding diaryl/α,β-unsaturated/α-hetero) is 1. The first kappa shape index (κ1) is 30.2. The molecule has 3 aromatic carbocycles. The monoisotopic (exact) mass is 627 g/mol. The number of hydrogen-bond acceptors (Lipinski definition) is 7. The fourth-order valence-corrected chi connectivity index (χ4v) is 7.57. The molecule has 4 unspecified atom stereocenters. The maximum atomic E-state index is 14.2. The van der Waals surface area contributed by atoms with Gasteiger partial charge in [0, 0.05) is 28.2 Å². The number of amides is 2. The number of ether oxygens (including phenoxy) is 2. The second kappa shape index (κ2) is 11.7. The Labute approximate surface area is 272 Å². The van der Waals surface area contributed by atoms with E-state index in [1.807, 2.05) is 48.6 Å². The maximum absolute atomic E-state index is 14.2. The molecule has 3 aliphatic carbocycles. The second-order valence-electron chi connectivity index (χ2n) is 12.4. The number of methoxy groups -OCH3 is 2. The molecule has 0 radical (unpaired) electrons. The molecule has 1 N–H and O–H groups in total. The first-order valence-corrected chi connectivity index (χ1v) is 15.6. The summed E-state index contributed by atoms with van der Waals surface area (Å²) in [5.41, 5.74) is 5.03. The largest absolute Gasteiger partial charge is 0.508 e. The molecule has 0 bridgehead atoms. The van der Waals surface area contributed by atoms with Crippen molar-refractivity contribution < 1.29 is 33.8 Å². The molecule has 7 rings (SSSR count). The molecule has 0 saturated carbocycles. The highest BCUT2D eigenvalue weighted by Gasteiger charge is 2.56. The number of phenolic OH excluding ortho intramolecular Hbond substituents is 1. The normalized spacial score (nSPS) is 23.8. The summed E-state index contributed by atoms with van der Waals surface area (Å²) in [4.78, 5) is 56.2. The Balaban J connectivity index is 1.20. The lowest BCUT2D eigenvalue weighted by Crippen LogP contribution is -2.39. The van der Waals surface area contributed by atoms with E-state index in [-0.39, 0.29) is 35.6 Å². The molecule has 47 heavy (non-hydrogen) atoms. The number of carbonyl (C=O) groups is 4. The zero-order valence-corrected chi connectivity index (χ0v) is 26.2. The van der Waals surface area contributed by atoms with Gasteiger partial charge in [-0.2, -0.15) is 0 Å². The number of phenols is 1. The smallest absolute Gasteiger partial charge is 0.238 e. The Hall–Kier alpha value is -5.50. The van der Waals surface area contributed by atoms with Crippen LogP contribution in [0.25, 0.3) is 12.2 Å². The van der Waals surface area contributed by atoms with Crippen LogP contribution in [0.3, 0.4) is 0 Å². The number of anilines is 1. The molecule has 8 nitrogen and oxygen atoms in total. The second-order valence-corrected chi connectivity index (χ2v) is 12.4. The van der Waals surface area contributed by atoms with Crippen molar-refractivity contribution in [2.45, 2.75) is 25.7 Å². The average Bonchev–Trinajstić information content (AvgIpc) is 3.35. The summed E-state index contributed by atoms with van der Waals surface area (Å²) in [7, 11) is 3.21. The molecular weight excluding hydrogens is 594 g/mol. The molecule has 236 valence electrons. The van der Waals surface area contributed by atoms with E-state index in [2.05, 4.69) is 0 Å². The van der Waals surface area contributed by atoms with Crippen LogP contribution in [-0.4, -0.2) is 42.7 Å². The summed E-state index contributed by atoms with van der Waals surface area (Å²) in [5.74, 6) is -1.67. The third-order valence-electron chi connectivity index (χ3n) is 9.83. The molecule has 3 aromatic rings. The van der Waals surface area contributed by atoms with Crippen molar-refractivity contribution in [2.75, 3.05) is 19.1 Å². The number of imide groups is 1. The van der Waals surface area contributed by atoms with Crippen molar-refractivity contribution in [3.8, 4) is 17.2 Å². The minimum absolute atomic E-state index is 0.0866. The van der Waals surface area contributed by atoms with Crippen molar-refractivity contribution in [3.63, 3.8) is 0 Å². The number of rotatable bonds is 6. The van der Waals surface area contributed by atoms with E-state index in [0.717, 1.165) is 22.3 Å². The molecule has 4 atom stereocenters. The molecule has 2 amide bonds. The van der Waals surface area contributed by atoms with Gasteiger partial charge in [0.25, 0.3) is 0 Å². The van der Waals surface area contributed by atoms with Crippen molar-refractivity contribution in [1.82, 2.24) is 0 Å². The Morgan fingerprint density at radius 2 is 1.60 bits per heavy atom. The lowest BCUT2D eigenvalue weighted by molar-refractivity contribution is -0.123. The standard InChI is InChI=1S/C39H33NO7/c1-21-18-32(42)36-31(37(21)43)20-30-28(34(36)23-8-12-26(41)13-9-23)15-16-29-35(30)39(45)40(38(29)44)25-10-5-22(6-11-25)4-7-24-19-27(46-2)14-17-33(24)47-3/h4-15,17-19,29-30,34-35,41H,16,20H2,1-3H3. The van der Waals surface area contributed by atoms with Gasteiger partial charge in [-0.15, -0.1) is 0 Å². The maximum Gasteiger partial charge on any atom is 0.238 e. The minimum Gasteiger partial charge on any atom is -0.508 e. The van der Waals surface area contributed by atoms with E-state index in [1.54, 1.807) is 57.5 Å². The Morgan fingerprint density at radius 1 is 0.851 bits per heavy atom. The fraction of sp³-hybridized carbons (Fsp3) is 0.231. The number of hydrogen-bond donors (Lipinski definition) is 1. The molecule has 1 saturated heterocycles. The van der Waals surface area contributed by atoms with Gasteiger partial charge in [-0.05, 0) is 85.4 Å². The molecule has 0 aromatic heterocycles. The van der Waals surface area contributed by atoms with Gasteiger partial charge in [0.1, 0.15) is 17.2 Å². The van der Waals surface area contributed by atoms with Gasteiger partial charge in [0.2, 0.25) is 11.8 Å². The Morgan fingerprint density at radius 3 is 2.30 bits per heavy atom. The lowest BCUT2D eigenvalue weighted by Gasteiger charge is -2.42. The van der Waals surface area contributed by atoms with Crippen molar-refractivity contribution in [1.29, 1.82) is 0 Å². The number of fused-ring (bicyclic) bond motifs is 3. The van der Waals surface area contributed by atoms with E-state index >= 15 is 0 Å². The molecule has 1 heterocycles. The zero-order valence-electron chi connectivity index (χ0n) is 26.2. The van der Waals surface area contributed by atoms with E-state index in [0.29, 0.717) is 40.3 Å². The molecule has 1 fully saturated rings. The van der Waals surface area contributed by atoms with Crippen LogP contribution >= 0.6 is 0 Å². The quantitative estimate of drug-likeness (QED) is 0.150. The number of benzene rings is 3. The van der Waals surface area contributed by atoms with Crippen molar-refractivity contribution in [3.05, 3.63) is 118 Å². The minimum atomic E-state index is -0.662. The topological polar surface area (TPSA) is 110 Å². The van der Waals surface area contributed by atoms with Gasteiger partial charge in [0.15, 0.2) is 11.6 Å². The molecule has 8 heteroatoms. The third-order valence-corrected chi connectivity index (χ3v) is 9.83. The van der Waals surface area contributed by atoms with Crippen LogP contribution in [0.4, 0.5) is 5.69 Å². The first-order chi connectivity index (χ1) is 22.7. The Bertz CT molecular complexity index is 1960. The summed E-state index contributed by atoms with van der Waals surface area (Å²) < 4.78 is 10.8. The van der Waals surface area contributed by atoms with Crippen LogP contribution in [0.5, 0.6) is 17.2 Å². The molecular formula is C39H33NO7. The SMILES string of the molecule is COc1ccc(OC)c(C=Cc2ccc(N3C(=O)C4CC=C5C(c6ccc(O)cc6)C6=C(CC5C4C3=O)C(=O)C(C)=CC6=O)cc2)c1. The van der Waals surface area contributed by atoms with E-state index in [4.69, 9.17) is 9.47 Å². The number of ketones is 2. The number of aromatic hydroxyl groups is 1. The summed E-state index contributed by atoms with van der Waals surface area (Å²) in [5, 5.41) is 9.95. The van der Waals surface area contributed by atoms with Crippen LogP contribution < -0.4 is 14.4 Å². The highest BCUT2D eigenvalue weighted by atomic mass is 16.5. The third kappa shape index (κ3) is 5.01. The molecule has 4 aliphatic rings. The van der Waals surface area contributed by atoms with Crippen molar-refractivity contribution >= 4 is 41.2 Å². The van der Waals surface area contributed by atoms with E-state index < -0.39 is 23.7 Å². The number of carbonyl (C=O) groups excluding carboxylic acids is 4. The first-order valence-electron chi connectivity index (χ1n) is 15.6. The zero-order chi connectivity index (χ0) is 33.0. The summed E-state index contributed by atoms with van der Waals surface area (Å²) >= 11 is 0. The number of allylic oxidation sites excluding steroid dienone is 6. The highest BCUT2D eigenvalue weighted by molar-refractivity contribution is 6.25. The molecule has 1 aliphatic heterocycles. The molecule has 0 spiro atoms. The van der Waals surface area contributed by atoms with Crippen LogP contribution in [-0.2, 0) is 19.2 Å². The fourth-order valence-electron chi connectivity index (χ4n) is 7.57. The number of nitrogens with zero attached hydrogens (tertiary/aromatic N) is 1. The van der Waals surface area contributed by atoms with Crippen LogP contribution in [0.2, 0.25) is 0 Å². The summed E-state index contributed by atoms with van der Waals surface area (Å²) in [6, 6.07) is 19.4. The van der Waals surface area contributed by atoms with Gasteiger partial charge in [-0.3, -0.25) is 24.1 Å². The summed E-state index contributed by atoms with van der Waals surface area (Å²) in [6.07, 6.45) is 7.78. The van der Waals surface area contributed by atoms with Crippen molar-refractivity contribution in [2.24, 2.45) is 17.8 Å². The lowest BCUT2D eigenvalue weighted by atomic mass is 9.59. The van der Waals surface area contributed by atoms with Crippen LogP contribution in [0, 0.1) is 17.8 Å². The Kier molecular flexibility index (Phi) is 7.51. The highest BCUT2D eigenvalue weighted by Crippen LogP contribution is 2.55. The van der Waals surface area contributed by atoms with Gasteiger partial charge < -0.3 is 14.6 Å². The van der Waals surface area contributed by atoms with Gasteiger partial charge in [-0.1, -0.05) is 48.1 Å².